The number of thiazole rings is 1. The SMILES string of the molecule is Cc1nc(C(=O)N(Cc2cccs2)C2CC2)cs1. The average Bonchev–Trinajstić information content (AvgIpc) is 2.88. The van der Waals surface area contributed by atoms with Gasteiger partial charge in [-0.2, -0.15) is 0 Å². The molecule has 5 heteroatoms. The minimum atomic E-state index is 0.0789. The molecule has 2 heterocycles. The highest BCUT2D eigenvalue weighted by Crippen LogP contribution is 2.30. The van der Waals surface area contributed by atoms with E-state index in [0.29, 0.717) is 11.7 Å². The lowest BCUT2D eigenvalue weighted by Gasteiger charge is -2.20. The lowest BCUT2D eigenvalue weighted by Crippen LogP contribution is -2.32. The van der Waals surface area contributed by atoms with Crippen molar-refractivity contribution in [3.05, 3.63) is 38.5 Å². The predicted molar refractivity (Wildman–Crippen MR) is 74.1 cm³/mol. The van der Waals surface area contributed by atoms with Gasteiger partial charge in [0.2, 0.25) is 0 Å². The topological polar surface area (TPSA) is 33.2 Å². The summed E-state index contributed by atoms with van der Waals surface area (Å²) in [6, 6.07) is 4.53. The van der Waals surface area contributed by atoms with Crippen molar-refractivity contribution in [3.8, 4) is 0 Å². The predicted octanol–water partition coefficient (Wildman–Crippen LogP) is 3.32. The molecular weight excluding hydrogens is 264 g/mol. The Labute approximate surface area is 114 Å². The smallest absolute Gasteiger partial charge is 0.273 e. The van der Waals surface area contributed by atoms with E-state index < -0.39 is 0 Å². The molecule has 0 unspecified atom stereocenters. The number of aromatic nitrogens is 1. The number of rotatable bonds is 4. The van der Waals surface area contributed by atoms with E-state index in [2.05, 4.69) is 16.4 Å². The Morgan fingerprint density at radius 1 is 1.50 bits per heavy atom. The molecule has 1 amide bonds. The average molecular weight is 278 g/mol. The van der Waals surface area contributed by atoms with Crippen molar-refractivity contribution in [2.45, 2.75) is 32.4 Å². The largest absolute Gasteiger partial charge is 0.329 e. The van der Waals surface area contributed by atoms with Crippen LogP contribution in [0.3, 0.4) is 0 Å². The van der Waals surface area contributed by atoms with Crippen LogP contribution in [0.1, 0.15) is 33.2 Å². The summed E-state index contributed by atoms with van der Waals surface area (Å²) in [6.07, 6.45) is 2.25. The molecule has 0 aromatic carbocycles. The zero-order chi connectivity index (χ0) is 12.5. The fourth-order valence-corrected chi connectivity index (χ4v) is 3.22. The Hall–Kier alpha value is -1.20. The van der Waals surface area contributed by atoms with E-state index in [1.807, 2.05) is 23.3 Å². The van der Waals surface area contributed by atoms with Gasteiger partial charge in [-0.3, -0.25) is 4.79 Å². The lowest BCUT2D eigenvalue weighted by atomic mass is 10.3. The normalized spacial score (nSPS) is 14.7. The van der Waals surface area contributed by atoms with Gasteiger partial charge < -0.3 is 4.90 Å². The maximum absolute atomic E-state index is 12.4. The van der Waals surface area contributed by atoms with Crippen molar-refractivity contribution in [1.29, 1.82) is 0 Å². The van der Waals surface area contributed by atoms with Crippen molar-refractivity contribution in [2.75, 3.05) is 0 Å². The van der Waals surface area contributed by atoms with Crippen LogP contribution in [0.15, 0.2) is 22.9 Å². The Kier molecular flexibility index (Phi) is 3.18. The summed E-state index contributed by atoms with van der Waals surface area (Å²) >= 11 is 3.24. The highest BCUT2D eigenvalue weighted by atomic mass is 32.1. The van der Waals surface area contributed by atoms with Crippen LogP contribution >= 0.6 is 22.7 Å². The van der Waals surface area contributed by atoms with Gasteiger partial charge in [0.05, 0.1) is 11.6 Å². The van der Waals surface area contributed by atoms with Crippen LogP contribution in [0, 0.1) is 6.92 Å². The van der Waals surface area contributed by atoms with E-state index in [-0.39, 0.29) is 5.91 Å². The second-order valence-corrected chi connectivity index (χ2v) is 6.59. The zero-order valence-corrected chi connectivity index (χ0v) is 11.8. The summed E-state index contributed by atoms with van der Waals surface area (Å²) in [4.78, 5) is 20.0. The third-order valence-corrected chi connectivity index (χ3v) is 4.63. The monoisotopic (exact) mass is 278 g/mol. The van der Waals surface area contributed by atoms with Crippen molar-refractivity contribution in [2.24, 2.45) is 0 Å². The minimum absolute atomic E-state index is 0.0789. The van der Waals surface area contributed by atoms with Crippen LogP contribution in [0.25, 0.3) is 0 Å². The van der Waals surface area contributed by atoms with Crippen LogP contribution < -0.4 is 0 Å². The molecule has 1 aliphatic carbocycles. The molecular formula is C13H14N2OS2. The molecule has 0 radical (unpaired) electrons. The molecule has 1 fully saturated rings. The number of hydrogen-bond donors (Lipinski definition) is 0. The quantitative estimate of drug-likeness (QED) is 0.859. The molecule has 0 saturated heterocycles. The molecule has 2 aromatic rings. The summed E-state index contributed by atoms with van der Waals surface area (Å²) in [6.45, 7) is 2.65. The zero-order valence-electron chi connectivity index (χ0n) is 10.1. The first-order valence-electron chi connectivity index (χ1n) is 5.99. The molecule has 3 nitrogen and oxygen atoms in total. The summed E-state index contributed by atoms with van der Waals surface area (Å²) < 4.78 is 0. The maximum atomic E-state index is 12.4. The number of hydrogen-bond acceptors (Lipinski definition) is 4. The number of aryl methyl sites for hydroxylation is 1. The van der Waals surface area contributed by atoms with Crippen molar-refractivity contribution < 1.29 is 4.79 Å². The third-order valence-electron chi connectivity index (χ3n) is 2.99. The first-order chi connectivity index (χ1) is 8.74. The van der Waals surface area contributed by atoms with Crippen molar-refractivity contribution in [1.82, 2.24) is 9.88 Å². The van der Waals surface area contributed by atoms with Crippen LogP contribution in [0.2, 0.25) is 0 Å². The third kappa shape index (κ3) is 2.47. The van der Waals surface area contributed by atoms with Crippen LogP contribution in [0.5, 0.6) is 0 Å². The molecule has 0 bridgehead atoms. The molecule has 0 N–H and O–H groups in total. The fraction of sp³-hybridized carbons (Fsp3) is 0.385. The van der Waals surface area contributed by atoms with Gasteiger partial charge in [0, 0.05) is 16.3 Å². The van der Waals surface area contributed by atoms with Gasteiger partial charge in [0.1, 0.15) is 5.69 Å². The van der Waals surface area contributed by atoms with Gasteiger partial charge >= 0.3 is 0 Å². The lowest BCUT2D eigenvalue weighted by molar-refractivity contribution is 0.0726. The van der Waals surface area contributed by atoms with Gasteiger partial charge in [-0.15, -0.1) is 22.7 Å². The van der Waals surface area contributed by atoms with E-state index in [1.165, 1.54) is 16.2 Å². The Balaban J connectivity index is 1.79. The summed E-state index contributed by atoms with van der Waals surface area (Å²) in [7, 11) is 0. The van der Waals surface area contributed by atoms with E-state index in [0.717, 1.165) is 24.4 Å². The van der Waals surface area contributed by atoms with Gasteiger partial charge in [0.15, 0.2) is 0 Å². The highest BCUT2D eigenvalue weighted by molar-refractivity contribution is 7.10. The van der Waals surface area contributed by atoms with E-state index in [1.54, 1.807) is 11.3 Å². The first kappa shape index (κ1) is 11.9. The van der Waals surface area contributed by atoms with Crippen LogP contribution in [0.4, 0.5) is 0 Å². The molecule has 2 aromatic heterocycles. The number of thiophene rings is 1. The number of carbonyl (C=O) groups is 1. The molecule has 94 valence electrons. The summed E-state index contributed by atoms with van der Waals surface area (Å²) in [5.41, 5.74) is 0.598. The Morgan fingerprint density at radius 2 is 2.33 bits per heavy atom. The van der Waals surface area contributed by atoms with Crippen LogP contribution in [-0.2, 0) is 6.54 Å². The first-order valence-corrected chi connectivity index (χ1v) is 7.75. The number of amides is 1. The molecule has 1 saturated carbocycles. The Morgan fingerprint density at radius 3 is 2.89 bits per heavy atom. The summed E-state index contributed by atoms with van der Waals surface area (Å²) in [5.74, 6) is 0.0789. The summed E-state index contributed by atoms with van der Waals surface area (Å²) in [5, 5.41) is 4.87. The molecule has 3 rings (SSSR count). The molecule has 0 aliphatic heterocycles. The van der Waals surface area contributed by atoms with Gasteiger partial charge in [0.25, 0.3) is 5.91 Å². The van der Waals surface area contributed by atoms with Crippen LogP contribution in [-0.4, -0.2) is 21.8 Å². The molecule has 18 heavy (non-hydrogen) atoms. The fourth-order valence-electron chi connectivity index (χ4n) is 1.93. The van der Waals surface area contributed by atoms with E-state index in [4.69, 9.17) is 0 Å². The second-order valence-electron chi connectivity index (χ2n) is 4.50. The molecule has 0 spiro atoms. The number of carbonyl (C=O) groups excluding carboxylic acids is 1. The number of nitrogens with zero attached hydrogens (tertiary/aromatic N) is 2. The molecule has 1 aliphatic rings. The van der Waals surface area contributed by atoms with Gasteiger partial charge in [-0.05, 0) is 31.2 Å². The van der Waals surface area contributed by atoms with Crippen molar-refractivity contribution in [3.63, 3.8) is 0 Å². The van der Waals surface area contributed by atoms with E-state index >= 15 is 0 Å². The minimum Gasteiger partial charge on any atom is -0.329 e. The Bertz CT molecular complexity index is 543. The van der Waals surface area contributed by atoms with Gasteiger partial charge in [-0.25, -0.2) is 4.98 Å². The maximum Gasteiger partial charge on any atom is 0.273 e. The second kappa shape index (κ2) is 4.82. The van der Waals surface area contributed by atoms with E-state index in [9.17, 15) is 4.79 Å². The van der Waals surface area contributed by atoms with Gasteiger partial charge in [-0.1, -0.05) is 6.07 Å². The van der Waals surface area contributed by atoms with Crippen molar-refractivity contribution >= 4 is 28.6 Å². The molecule has 0 atom stereocenters. The highest BCUT2D eigenvalue weighted by Gasteiger charge is 2.34. The standard InChI is InChI=1S/C13H14N2OS2/c1-9-14-12(8-18-9)13(16)15(10-4-5-10)7-11-3-2-6-17-11/h2-3,6,8,10H,4-5,7H2,1H3.